The molecule has 0 bridgehead atoms. The molecule has 1 aromatic rings. The average molecular weight is 168 g/mol. The Hall–Kier alpha value is -0.870. The zero-order valence-electron chi connectivity index (χ0n) is 6.82. The lowest BCUT2D eigenvalue weighted by Gasteiger charge is -2.00. The first-order valence-electron chi connectivity index (χ1n) is 4.12. The van der Waals surface area contributed by atoms with E-state index in [0.29, 0.717) is 18.4 Å². The molecule has 66 valence electrons. The molecule has 0 radical (unpaired) electrons. The summed E-state index contributed by atoms with van der Waals surface area (Å²) < 4.78 is 10.6. The molecule has 0 amide bonds. The van der Waals surface area contributed by atoms with Gasteiger partial charge < -0.3 is 14.9 Å². The Labute approximate surface area is 70.7 Å². The van der Waals surface area contributed by atoms with Crippen LogP contribution in [0.15, 0.2) is 10.6 Å². The van der Waals surface area contributed by atoms with Gasteiger partial charge in [-0.1, -0.05) is 0 Å². The topological polar surface area (TPSA) is 61.3 Å². The summed E-state index contributed by atoms with van der Waals surface area (Å²) in [5.41, 5.74) is 5.37. The molecule has 12 heavy (non-hydrogen) atoms. The van der Waals surface area contributed by atoms with Crippen LogP contribution in [-0.2, 0) is 11.3 Å². The second-order valence-corrected chi connectivity index (χ2v) is 2.92. The first-order valence-corrected chi connectivity index (χ1v) is 4.12. The largest absolute Gasteiger partial charge is 0.444 e. The Kier molecular flexibility index (Phi) is 2.10. The van der Waals surface area contributed by atoms with E-state index < -0.39 is 0 Å². The molecule has 2 rings (SSSR count). The van der Waals surface area contributed by atoms with Gasteiger partial charge >= 0.3 is 0 Å². The van der Waals surface area contributed by atoms with Gasteiger partial charge in [0.05, 0.1) is 19.3 Å². The number of hydrogen-bond acceptors (Lipinski definition) is 4. The van der Waals surface area contributed by atoms with E-state index in [1.54, 1.807) is 6.20 Å². The van der Waals surface area contributed by atoms with Gasteiger partial charge in [0.15, 0.2) is 0 Å². The third kappa shape index (κ3) is 1.35. The molecule has 2 N–H and O–H groups in total. The minimum Gasteiger partial charge on any atom is -0.444 e. The van der Waals surface area contributed by atoms with Crippen molar-refractivity contribution in [2.75, 3.05) is 13.2 Å². The van der Waals surface area contributed by atoms with E-state index in [4.69, 9.17) is 14.9 Å². The van der Waals surface area contributed by atoms with Crippen LogP contribution in [0.5, 0.6) is 0 Å². The number of nitrogens with zero attached hydrogens (tertiary/aromatic N) is 1. The van der Waals surface area contributed by atoms with Crippen molar-refractivity contribution in [3.63, 3.8) is 0 Å². The van der Waals surface area contributed by atoms with E-state index in [0.717, 1.165) is 25.4 Å². The molecule has 1 aromatic heterocycles. The molecule has 1 unspecified atom stereocenters. The zero-order valence-corrected chi connectivity index (χ0v) is 6.82. The number of nitrogens with two attached hydrogens (primary N) is 1. The highest BCUT2D eigenvalue weighted by atomic mass is 16.5. The molecule has 2 heterocycles. The van der Waals surface area contributed by atoms with Crippen LogP contribution in [-0.4, -0.2) is 18.2 Å². The first-order chi connectivity index (χ1) is 5.90. The van der Waals surface area contributed by atoms with E-state index in [9.17, 15) is 0 Å². The van der Waals surface area contributed by atoms with Crippen molar-refractivity contribution >= 4 is 0 Å². The molecule has 0 spiro atoms. The highest BCUT2D eigenvalue weighted by Crippen LogP contribution is 2.25. The van der Waals surface area contributed by atoms with E-state index in [1.807, 2.05) is 0 Å². The monoisotopic (exact) mass is 168 g/mol. The van der Waals surface area contributed by atoms with Crippen LogP contribution < -0.4 is 5.73 Å². The molecule has 1 aliphatic rings. The highest BCUT2D eigenvalue weighted by molar-refractivity contribution is 5.03. The number of oxazole rings is 1. The summed E-state index contributed by atoms with van der Waals surface area (Å²) in [7, 11) is 0. The minimum atomic E-state index is 0.369. The second-order valence-electron chi connectivity index (χ2n) is 2.92. The summed E-state index contributed by atoms with van der Waals surface area (Å²) in [6.45, 7) is 1.94. The van der Waals surface area contributed by atoms with Gasteiger partial charge in [-0.3, -0.25) is 0 Å². The number of aromatic nitrogens is 1. The van der Waals surface area contributed by atoms with E-state index >= 15 is 0 Å². The average Bonchev–Trinajstić information content (AvgIpc) is 2.75. The van der Waals surface area contributed by atoms with Crippen LogP contribution in [0.2, 0.25) is 0 Å². The normalized spacial score (nSPS) is 23.2. The third-order valence-corrected chi connectivity index (χ3v) is 2.08. The molecule has 0 saturated carbocycles. The summed E-state index contributed by atoms with van der Waals surface area (Å²) in [4.78, 5) is 4.03. The van der Waals surface area contributed by atoms with Gasteiger partial charge in [0.25, 0.3) is 0 Å². The minimum absolute atomic E-state index is 0.369. The standard InChI is InChI=1S/C8H12N2O2/c9-3-8-10-4-7(12-8)6-1-2-11-5-6/h4,6H,1-3,5,9H2. The van der Waals surface area contributed by atoms with Crippen molar-refractivity contribution in [3.05, 3.63) is 17.8 Å². The predicted octanol–water partition coefficient (Wildman–Crippen LogP) is 0.637. The summed E-state index contributed by atoms with van der Waals surface area (Å²) in [5, 5.41) is 0. The van der Waals surface area contributed by atoms with Gasteiger partial charge in [-0.25, -0.2) is 4.98 Å². The van der Waals surface area contributed by atoms with E-state index in [-0.39, 0.29) is 0 Å². The Balaban J connectivity index is 2.11. The molecule has 4 nitrogen and oxygen atoms in total. The van der Waals surface area contributed by atoms with Crippen molar-refractivity contribution in [1.82, 2.24) is 4.98 Å². The Morgan fingerprint density at radius 3 is 3.17 bits per heavy atom. The third-order valence-electron chi connectivity index (χ3n) is 2.08. The van der Waals surface area contributed by atoms with Crippen LogP contribution in [0.3, 0.4) is 0 Å². The number of hydrogen-bond donors (Lipinski definition) is 1. The zero-order chi connectivity index (χ0) is 8.39. The number of rotatable bonds is 2. The maximum Gasteiger partial charge on any atom is 0.208 e. The fourth-order valence-electron chi connectivity index (χ4n) is 1.37. The quantitative estimate of drug-likeness (QED) is 0.703. The lowest BCUT2D eigenvalue weighted by molar-refractivity contribution is 0.191. The Morgan fingerprint density at radius 1 is 1.67 bits per heavy atom. The second kappa shape index (κ2) is 3.25. The predicted molar refractivity (Wildman–Crippen MR) is 42.6 cm³/mol. The maximum atomic E-state index is 5.40. The van der Waals surface area contributed by atoms with Gasteiger partial charge in [0, 0.05) is 12.5 Å². The molecule has 0 aromatic carbocycles. The molecule has 0 aliphatic carbocycles. The van der Waals surface area contributed by atoms with E-state index in [1.165, 1.54) is 0 Å². The highest BCUT2D eigenvalue weighted by Gasteiger charge is 2.21. The van der Waals surface area contributed by atoms with Crippen molar-refractivity contribution in [2.45, 2.75) is 18.9 Å². The van der Waals surface area contributed by atoms with Gasteiger partial charge in [-0.05, 0) is 6.42 Å². The molecule has 1 saturated heterocycles. The fraction of sp³-hybridized carbons (Fsp3) is 0.625. The lowest BCUT2D eigenvalue weighted by atomic mass is 10.1. The molecule has 1 atom stereocenters. The van der Waals surface area contributed by atoms with Gasteiger partial charge in [-0.2, -0.15) is 0 Å². The van der Waals surface area contributed by atoms with Crippen LogP contribution in [0.4, 0.5) is 0 Å². The first kappa shape index (κ1) is 7.76. The molecule has 1 aliphatic heterocycles. The SMILES string of the molecule is NCc1ncc(C2CCOC2)o1. The smallest absolute Gasteiger partial charge is 0.208 e. The summed E-state index contributed by atoms with van der Waals surface area (Å²) in [5.74, 6) is 1.91. The van der Waals surface area contributed by atoms with Gasteiger partial charge in [0.1, 0.15) is 5.76 Å². The van der Waals surface area contributed by atoms with Crippen molar-refractivity contribution in [3.8, 4) is 0 Å². The molecule has 1 fully saturated rings. The van der Waals surface area contributed by atoms with Crippen molar-refractivity contribution < 1.29 is 9.15 Å². The van der Waals surface area contributed by atoms with Crippen LogP contribution in [0, 0.1) is 0 Å². The van der Waals surface area contributed by atoms with Crippen LogP contribution in [0.25, 0.3) is 0 Å². The van der Waals surface area contributed by atoms with Crippen LogP contribution in [0.1, 0.15) is 24.0 Å². The van der Waals surface area contributed by atoms with Gasteiger partial charge in [0.2, 0.25) is 5.89 Å². The van der Waals surface area contributed by atoms with Crippen molar-refractivity contribution in [1.29, 1.82) is 0 Å². The fourth-order valence-corrected chi connectivity index (χ4v) is 1.37. The Bertz CT molecular complexity index is 253. The van der Waals surface area contributed by atoms with E-state index in [2.05, 4.69) is 4.98 Å². The Morgan fingerprint density at radius 2 is 2.58 bits per heavy atom. The summed E-state index contributed by atoms with van der Waals surface area (Å²) in [6, 6.07) is 0. The van der Waals surface area contributed by atoms with Gasteiger partial charge in [-0.15, -0.1) is 0 Å². The van der Waals surface area contributed by atoms with Crippen molar-refractivity contribution in [2.24, 2.45) is 5.73 Å². The molecular formula is C8H12N2O2. The lowest BCUT2D eigenvalue weighted by Crippen LogP contribution is -1.96. The van der Waals surface area contributed by atoms with Crippen LogP contribution >= 0.6 is 0 Å². The maximum absolute atomic E-state index is 5.40. The molecular weight excluding hydrogens is 156 g/mol. The summed E-state index contributed by atoms with van der Waals surface area (Å²) in [6.07, 6.45) is 2.78. The molecule has 4 heteroatoms. The number of ether oxygens (including phenoxy) is 1. The summed E-state index contributed by atoms with van der Waals surface area (Å²) >= 11 is 0.